The van der Waals surface area contributed by atoms with Crippen molar-refractivity contribution in [2.45, 2.75) is 19.3 Å². The van der Waals surface area contributed by atoms with Crippen molar-refractivity contribution in [2.75, 3.05) is 6.54 Å². The monoisotopic (exact) mass is 188 g/mol. The van der Waals surface area contributed by atoms with E-state index in [1.54, 1.807) is 6.08 Å². The zero-order chi connectivity index (χ0) is 9.71. The zero-order valence-electron chi connectivity index (χ0n) is 8.05. The van der Waals surface area contributed by atoms with Gasteiger partial charge in [0.15, 0.2) is 0 Å². The molecule has 72 valence electrons. The maximum absolute atomic E-state index is 11.7. The second-order valence-corrected chi connectivity index (χ2v) is 3.99. The Bertz CT molecular complexity index is 442. The standard InChI is InChI=1S/C11H12N2O/c1-6-5-13-11-9(14)4-8-7(10(6)11)2-3-12-8/h4-5,7,12-13H,2-3H2,1H3. The summed E-state index contributed by atoms with van der Waals surface area (Å²) >= 11 is 0. The van der Waals surface area contributed by atoms with Crippen LogP contribution in [-0.4, -0.2) is 17.3 Å². The molecule has 2 N–H and O–H groups in total. The fourth-order valence-electron chi connectivity index (χ4n) is 2.49. The third-order valence-electron chi connectivity index (χ3n) is 3.15. The molecule has 2 aliphatic rings. The molecule has 1 aromatic heterocycles. The lowest BCUT2D eigenvalue weighted by atomic mass is 9.87. The van der Waals surface area contributed by atoms with Crippen LogP contribution in [0.15, 0.2) is 18.0 Å². The Morgan fingerprint density at radius 3 is 3.21 bits per heavy atom. The number of H-pyrrole nitrogens is 1. The lowest BCUT2D eigenvalue weighted by Gasteiger charge is -2.17. The topological polar surface area (TPSA) is 44.9 Å². The Morgan fingerprint density at radius 1 is 1.50 bits per heavy atom. The number of ketones is 1. The van der Waals surface area contributed by atoms with Crippen LogP contribution in [0.4, 0.5) is 0 Å². The molecule has 0 spiro atoms. The number of fused-ring (bicyclic) bond motifs is 3. The predicted molar refractivity (Wildman–Crippen MR) is 53.3 cm³/mol. The summed E-state index contributed by atoms with van der Waals surface area (Å²) in [4.78, 5) is 14.8. The number of carbonyl (C=O) groups is 1. The summed E-state index contributed by atoms with van der Waals surface area (Å²) in [6, 6.07) is 0. The lowest BCUT2D eigenvalue weighted by molar-refractivity contribution is 0.103. The zero-order valence-corrected chi connectivity index (χ0v) is 8.05. The second-order valence-electron chi connectivity index (χ2n) is 3.99. The quantitative estimate of drug-likeness (QED) is 0.647. The fraction of sp³-hybridized carbons (Fsp3) is 0.364. The number of aryl methyl sites for hydroxylation is 1. The average molecular weight is 188 g/mol. The van der Waals surface area contributed by atoms with Crippen molar-refractivity contribution >= 4 is 5.78 Å². The smallest absolute Gasteiger partial charge is 0.204 e. The number of aromatic amines is 1. The first kappa shape index (κ1) is 7.85. The van der Waals surface area contributed by atoms with Gasteiger partial charge in [-0.1, -0.05) is 0 Å². The van der Waals surface area contributed by atoms with Gasteiger partial charge in [0.25, 0.3) is 0 Å². The Kier molecular flexibility index (Phi) is 1.40. The maximum atomic E-state index is 11.7. The molecule has 0 aromatic carbocycles. The molecule has 3 rings (SSSR count). The first-order valence-corrected chi connectivity index (χ1v) is 4.95. The summed E-state index contributed by atoms with van der Waals surface area (Å²) in [6.45, 7) is 3.04. The number of hydrogen-bond donors (Lipinski definition) is 2. The molecule has 1 saturated heterocycles. The Balaban J connectivity index is 2.23. The van der Waals surface area contributed by atoms with Crippen molar-refractivity contribution in [2.24, 2.45) is 0 Å². The molecule has 0 saturated carbocycles. The number of rotatable bonds is 0. The van der Waals surface area contributed by atoms with E-state index in [1.807, 2.05) is 6.20 Å². The van der Waals surface area contributed by atoms with Crippen molar-refractivity contribution in [1.29, 1.82) is 0 Å². The number of carbonyl (C=O) groups excluding carboxylic acids is 1. The Hall–Kier alpha value is -1.51. The molecule has 1 atom stereocenters. The van der Waals surface area contributed by atoms with E-state index in [0.29, 0.717) is 5.92 Å². The van der Waals surface area contributed by atoms with E-state index in [4.69, 9.17) is 0 Å². The first-order chi connectivity index (χ1) is 6.77. The van der Waals surface area contributed by atoms with Gasteiger partial charge in [0.2, 0.25) is 5.78 Å². The summed E-state index contributed by atoms with van der Waals surface area (Å²) in [5.41, 5.74) is 4.30. The third kappa shape index (κ3) is 0.842. The predicted octanol–water partition coefficient (Wildman–Crippen LogP) is 1.48. The van der Waals surface area contributed by atoms with Crippen LogP contribution in [0.5, 0.6) is 0 Å². The van der Waals surface area contributed by atoms with E-state index < -0.39 is 0 Å². The molecular formula is C11H12N2O. The third-order valence-corrected chi connectivity index (χ3v) is 3.15. The van der Waals surface area contributed by atoms with Crippen molar-refractivity contribution in [3.05, 3.63) is 34.8 Å². The summed E-state index contributed by atoms with van der Waals surface area (Å²) < 4.78 is 0. The van der Waals surface area contributed by atoms with Gasteiger partial charge in [0.1, 0.15) is 0 Å². The average Bonchev–Trinajstić information content (AvgIpc) is 2.71. The molecule has 3 nitrogen and oxygen atoms in total. The van der Waals surface area contributed by atoms with Crippen LogP contribution >= 0.6 is 0 Å². The van der Waals surface area contributed by atoms with Crippen LogP contribution in [0.3, 0.4) is 0 Å². The molecule has 0 amide bonds. The van der Waals surface area contributed by atoms with Gasteiger partial charge in [-0.3, -0.25) is 4.79 Å². The number of aromatic nitrogens is 1. The minimum absolute atomic E-state index is 0.105. The van der Waals surface area contributed by atoms with Gasteiger partial charge >= 0.3 is 0 Å². The molecule has 0 bridgehead atoms. The van der Waals surface area contributed by atoms with E-state index in [9.17, 15) is 4.79 Å². The maximum Gasteiger partial charge on any atom is 0.204 e. The Labute approximate surface area is 82.2 Å². The van der Waals surface area contributed by atoms with Crippen LogP contribution in [0.2, 0.25) is 0 Å². The fourth-order valence-corrected chi connectivity index (χ4v) is 2.49. The highest BCUT2D eigenvalue weighted by Crippen LogP contribution is 2.38. The van der Waals surface area contributed by atoms with Crippen LogP contribution in [0.25, 0.3) is 0 Å². The normalized spacial score (nSPS) is 23.9. The van der Waals surface area contributed by atoms with Crippen molar-refractivity contribution < 1.29 is 4.79 Å². The van der Waals surface area contributed by atoms with Gasteiger partial charge in [0.05, 0.1) is 5.69 Å². The molecule has 1 unspecified atom stereocenters. The van der Waals surface area contributed by atoms with Gasteiger partial charge in [-0.25, -0.2) is 0 Å². The van der Waals surface area contributed by atoms with Gasteiger partial charge in [0, 0.05) is 30.4 Å². The highest BCUT2D eigenvalue weighted by Gasteiger charge is 2.32. The molecule has 1 aromatic rings. The minimum atomic E-state index is 0.105. The summed E-state index contributed by atoms with van der Waals surface area (Å²) in [7, 11) is 0. The molecule has 3 heteroatoms. The highest BCUT2D eigenvalue weighted by molar-refractivity contribution is 6.06. The second kappa shape index (κ2) is 2.50. The molecule has 0 radical (unpaired) electrons. The SMILES string of the molecule is Cc1c[nH]c2c1C1CCNC1=CC2=O. The number of allylic oxidation sites excluding steroid dienone is 2. The van der Waals surface area contributed by atoms with Crippen LogP contribution in [0, 0.1) is 6.92 Å². The summed E-state index contributed by atoms with van der Waals surface area (Å²) in [5, 5.41) is 3.27. The van der Waals surface area contributed by atoms with Crippen molar-refractivity contribution in [3.63, 3.8) is 0 Å². The van der Waals surface area contributed by atoms with Gasteiger partial charge in [-0.15, -0.1) is 0 Å². The van der Waals surface area contributed by atoms with Crippen molar-refractivity contribution in [3.8, 4) is 0 Å². The molecule has 1 fully saturated rings. The summed E-state index contributed by atoms with van der Waals surface area (Å²) in [5.74, 6) is 0.530. The highest BCUT2D eigenvalue weighted by atomic mass is 16.1. The molecular weight excluding hydrogens is 176 g/mol. The van der Waals surface area contributed by atoms with E-state index in [0.717, 1.165) is 24.4 Å². The first-order valence-electron chi connectivity index (χ1n) is 4.95. The lowest BCUT2D eigenvalue weighted by Crippen LogP contribution is -2.16. The minimum Gasteiger partial charge on any atom is -0.388 e. The van der Waals surface area contributed by atoms with Crippen molar-refractivity contribution in [1.82, 2.24) is 10.3 Å². The Morgan fingerprint density at radius 2 is 2.36 bits per heavy atom. The number of nitrogens with one attached hydrogen (secondary N) is 2. The molecule has 2 heterocycles. The van der Waals surface area contributed by atoms with E-state index in [-0.39, 0.29) is 5.78 Å². The summed E-state index contributed by atoms with van der Waals surface area (Å²) in [6.07, 6.45) is 4.76. The molecule has 1 aliphatic carbocycles. The van der Waals surface area contributed by atoms with E-state index >= 15 is 0 Å². The molecule has 14 heavy (non-hydrogen) atoms. The van der Waals surface area contributed by atoms with Gasteiger partial charge in [-0.2, -0.15) is 0 Å². The van der Waals surface area contributed by atoms with Gasteiger partial charge in [-0.05, 0) is 24.5 Å². The molecule has 1 aliphatic heterocycles. The van der Waals surface area contributed by atoms with Crippen LogP contribution < -0.4 is 5.32 Å². The van der Waals surface area contributed by atoms with E-state index in [2.05, 4.69) is 17.2 Å². The van der Waals surface area contributed by atoms with Crippen LogP contribution in [0.1, 0.15) is 34.0 Å². The largest absolute Gasteiger partial charge is 0.388 e. The van der Waals surface area contributed by atoms with E-state index in [1.165, 1.54) is 11.1 Å². The van der Waals surface area contributed by atoms with Crippen LogP contribution in [-0.2, 0) is 0 Å². The van der Waals surface area contributed by atoms with Gasteiger partial charge < -0.3 is 10.3 Å². The number of hydrogen-bond acceptors (Lipinski definition) is 2.